The molecule has 0 spiro atoms. The minimum Gasteiger partial charge on any atom is -0.496 e. The molecule has 0 aliphatic rings. The minimum atomic E-state index is -3.94. The zero-order valence-corrected chi connectivity index (χ0v) is 14.0. The lowest BCUT2D eigenvalue weighted by molar-refractivity contribution is -0.174. The molecule has 0 aliphatic heterocycles. The van der Waals surface area contributed by atoms with Gasteiger partial charge in [0, 0.05) is 12.1 Å². The van der Waals surface area contributed by atoms with Gasteiger partial charge in [0.15, 0.2) is 0 Å². The fourth-order valence-corrected chi connectivity index (χ4v) is 1.87. The van der Waals surface area contributed by atoms with E-state index in [9.17, 15) is 13.6 Å². The molecule has 0 fully saturated rings. The quantitative estimate of drug-likeness (QED) is 0.756. The highest BCUT2D eigenvalue weighted by Crippen LogP contribution is 2.43. The Kier molecular flexibility index (Phi) is 8.05. The third-order valence-corrected chi connectivity index (χ3v) is 3.00. The smallest absolute Gasteiger partial charge is 0.379 e. The van der Waals surface area contributed by atoms with E-state index in [0.717, 1.165) is 0 Å². The summed E-state index contributed by atoms with van der Waals surface area (Å²) in [5.74, 6) is -5.27. The molecule has 0 aliphatic carbocycles. The van der Waals surface area contributed by atoms with Crippen molar-refractivity contribution in [3.63, 3.8) is 0 Å². The van der Waals surface area contributed by atoms with E-state index in [-0.39, 0.29) is 36.1 Å². The normalized spacial score (nSPS) is 12.0. The molecule has 0 saturated carbocycles. The molecule has 1 rings (SSSR count). The molecule has 132 valence electrons. The first kappa shape index (κ1) is 21.2. The second-order valence-corrected chi connectivity index (χ2v) is 4.27. The Bertz CT molecular complexity index is 517. The molecular weight excluding hydrogens is 336 g/mol. The van der Waals surface area contributed by atoms with Crippen LogP contribution in [0.3, 0.4) is 0 Å². The predicted octanol–water partition coefficient (Wildman–Crippen LogP) is 2.33. The Balaban J connectivity index is 0.00000484. The van der Waals surface area contributed by atoms with Gasteiger partial charge in [-0.05, 0) is 6.92 Å². The van der Waals surface area contributed by atoms with Crippen LogP contribution in [0, 0.1) is 0 Å². The number of alkyl halides is 2. The maximum Gasteiger partial charge on any atom is 0.379 e. The van der Waals surface area contributed by atoms with Crippen molar-refractivity contribution in [3.05, 3.63) is 17.7 Å². The van der Waals surface area contributed by atoms with Crippen LogP contribution in [0.2, 0.25) is 0 Å². The number of esters is 1. The number of hydrogen-bond acceptors (Lipinski definition) is 6. The minimum absolute atomic E-state index is 0. The first-order valence-electron chi connectivity index (χ1n) is 6.43. The topological polar surface area (TPSA) is 80.0 Å². The largest absolute Gasteiger partial charge is 0.496 e. The Labute approximate surface area is 139 Å². The van der Waals surface area contributed by atoms with Crippen molar-refractivity contribution in [1.29, 1.82) is 0 Å². The van der Waals surface area contributed by atoms with Gasteiger partial charge in [0.05, 0.1) is 33.5 Å². The summed E-state index contributed by atoms with van der Waals surface area (Å²) < 4.78 is 47.8. The Morgan fingerprint density at radius 1 is 1.17 bits per heavy atom. The Morgan fingerprint density at radius 3 is 2.00 bits per heavy atom. The lowest BCUT2D eigenvalue weighted by Crippen LogP contribution is -2.42. The highest BCUT2D eigenvalue weighted by atomic mass is 35.5. The van der Waals surface area contributed by atoms with Crippen molar-refractivity contribution < 1.29 is 32.5 Å². The molecule has 2 N–H and O–H groups in total. The van der Waals surface area contributed by atoms with Crippen LogP contribution in [0.4, 0.5) is 8.78 Å². The summed E-state index contributed by atoms with van der Waals surface area (Å²) in [6, 6.07) is 0.750. The van der Waals surface area contributed by atoms with Crippen LogP contribution in [0.15, 0.2) is 12.1 Å². The summed E-state index contributed by atoms with van der Waals surface area (Å²) in [4.78, 5) is 11.4. The molecule has 23 heavy (non-hydrogen) atoms. The number of halogens is 3. The Hall–Kier alpha value is -1.80. The van der Waals surface area contributed by atoms with Gasteiger partial charge in [-0.25, -0.2) is 4.79 Å². The molecule has 0 aromatic heterocycles. The van der Waals surface area contributed by atoms with E-state index in [0.29, 0.717) is 5.75 Å². The summed E-state index contributed by atoms with van der Waals surface area (Å²) >= 11 is 0. The van der Waals surface area contributed by atoms with Gasteiger partial charge >= 0.3 is 11.9 Å². The second kappa shape index (κ2) is 8.73. The van der Waals surface area contributed by atoms with E-state index >= 15 is 0 Å². The number of ether oxygens (including phenoxy) is 4. The van der Waals surface area contributed by atoms with Crippen LogP contribution in [0.25, 0.3) is 0 Å². The van der Waals surface area contributed by atoms with Gasteiger partial charge < -0.3 is 24.7 Å². The van der Waals surface area contributed by atoms with Gasteiger partial charge in [0.1, 0.15) is 23.3 Å². The first-order valence-corrected chi connectivity index (χ1v) is 6.43. The summed E-state index contributed by atoms with van der Waals surface area (Å²) in [6.07, 6.45) is 0. The highest BCUT2D eigenvalue weighted by molar-refractivity contribution is 5.85. The van der Waals surface area contributed by atoms with Crippen LogP contribution in [-0.4, -0.2) is 39.8 Å². The first-order chi connectivity index (χ1) is 10.3. The van der Waals surface area contributed by atoms with Crippen LogP contribution < -0.4 is 19.9 Å². The van der Waals surface area contributed by atoms with E-state index in [4.69, 9.17) is 19.9 Å². The molecule has 1 aromatic carbocycles. The molecule has 0 bridgehead atoms. The van der Waals surface area contributed by atoms with Crippen molar-refractivity contribution in [2.45, 2.75) is 18.9 Å². The number of hydrogen-bond donors (Lipinski definition) is 1. The van der Waals surface area contributed by atoms with E-state index in [1.54, 1.807) is 0 Å². The van der Waals surface area contributed by atoms with Crippen LogP contribution in [0.1, 0.15) is 18.5 Å². The lowest BCUT2D eigenvalue weighted by atomic mass is 9.98. The summed E-state index contributed by atoms with van der Waals surface area (Å²) in [6.45, 7) is 1.24. The van der Waals surface area contributed by atoms with Crippen molar-refractivity contribution in [2.75, 3.05) is 27.9 Å². The maximum absolute atomic E-state index is 14.2. The van der Waals surface area contributed by atoms with Crippen LogP contribution in [0.5, 0.6) is 17.2 Å². The second-order valence-electron chi connectivity index (χ2n) is 4.27. The maximum atomic E-state index is 14.2. The fourth-order valence-electron chi connectivity index (χ4n) is 1.87. The molecule has 0 heterocycles. The molecule has 0 saturated heterocycles. The van der Waals surface area contributed by atoms with Gasteiger partial charge in [-0.3, -0.25) is 0 Å². The van der Waals surface area contributed by atoms with Crippen LogP contribution >= 0.6 is 12.4 Å². The highest BCUT2D eigenvalue weighted by Gasteiger charge is 2.49. The summed E-state index contributed by atoms with van der Waals surface area (Å²) in [5, 5.41) is 0. The van der Waals surface area contributed by atoms with E-state index in [1.807, 2.05) is 0 Å². The zero-order chi connectivity index (χ0) is 16.9. The van der Waals surface area contributed by atoms with Gasteiger partial charge in [-0.1, -0.05) is 0 Å². The lowest BCUT2D eigenvalue weighted by Gasteiger charge is -2.25. The number of nitrogens with two attached hydrogens (primary N) is 1. The van der Waals surface area contributed by atoms with Gasteiger partial charge in [-0.15, -0.1) is 12.4 Å². The molecule has 0 unspecified atom stereocenters. The van der Waals surface area contributed by atoms with E-state index in [1.165, 1.54) is 40.4 Å². The molecule has 1 aromatic rings. The Morgan fingerprint density at radius 2 is 1.65 bits per heavy atom. The summed E-state index contributed by atoms with van der Waals surface area (Å²) in [5.41, 5.74) is 5.45. The standard InChI is InChI=1S/C14H19F2NO5.ClH/c1-5-22-13(18)14(15,16)12(17)11-9(20-3)6-8(19-2)7-10(11)21-4;/h6-7,12H,5,17H2,1-4H3;1H/t12-;/m0./s1. The van der Waals surface area contributed by atoms with E-state index < -0.39 is 17.9 Å². The van der Waals surface area contributed by atoms with Gasteiger partial charge in [-0.2, -0.15) is 8.78 Å². The summed E-state index contributed by atoms with van der Waals surface area (Å²) in [7, 11) is 3.97. The molecule has 6 nitrogen and oxygen atoms in total. The predicted molar refractivity (Wildman–Crippen MR) is 81.9 cm³/mol. The number of carbonyl (C=O) groups is 1. The number of benzene rings is 1. The third-order valence-electron chi connectivity index (χ3n) is 3.00. The number of rotatable bonds is 7. The van der Waals surface area contributed by atoms with Crippen molar-refractivity contribution in [3.8, 4) is 17.2 Å². The average molecular weight is 356 g/mol. The van der Waals surface area contributed by atoms with Gasteiger partial charge in [0.25, 0.3) is 0 Å². The number of methoxy groups -OCH3 is 3. The van der Waals surface area contributed by atoms with E-state index in [2.05, 4.69) is 4.74 Å². The van der Waals surface area contributed by atoms with Crippen molar-refractivity contribution >= 4 is 18.4 Å². The number of carbonyl (C=O) groups excluding carboxylic acids is 1. The molecule has 9 heteroatoms. The molecular formula is C14H20ClF2NO5. The fraction of sp³-hybridized carbons (Fsp3) is 0.500. The molecule has 1 atom stereocenters. The monoisotopic (exact) mass is 355 g/mol. The van der Waals surface area contributed by atoms with Crippen molar-refractivity contribution in [1.82, 2.24) is 0 Å². The van der Waals surface area contributed by atoms with Crippen molar-refractivity contribution in [2.24, 2.45) is 5.73 Å². The van der Waals surface area contributed by atoms with Gasteiger partial charge in [0.2, 0.25) is 0 Å². The molecule has 0 amide bonds. The average Bonchev–Trinajstić information content (AvgIpc) is 2.52. The van der Waals surface area contributed by atoms with Crippen LogP contribution in [-0.2, 0) is 9.53 Å². The zero-order valence-electron chi connectivity index (χ0n) is 13.2. The molecule has 0 radical (unpaired) electrons. The third kappa shape index (κ3) is 4.35. The SMILES string of the molecule is CCOC(=O)C(F)(F)[C@@H](N)c1c(OC)cc(OC)cc1OC.Cl.